The van der Waals surface area contributed by atoms with Crippen LogP contribution in [0.3, 0.4) is 0 Å². The van der Waals surface area contributed by atoms with Gasteiger partial charge >= 0.3 is 5.69 Å². The standard InChI is InChI=1S/C11H19N3O5S/c1-11(2,4-3-5-15)7-13-20(18,19)8-6-12-10(17)14-9(8)16/h6,13,15H,3-5,7H2,1-2H3,(H2,12,14,16,17). The molecule has 1 aromatic rings. The van der Waals surface area contributed by atoms with Gasteiger partial charge in [-0.15, -0.1) is 0 Å². The third-order valence-electron chi connectivity index (χ3n) is 2.83. The molecule has 0 atom stereocenters. The molecule has 8 nitrogen and oxygen atoms in total. The molecule has 0 saturated carbocycles. The highest BCUT2D eigenvalue weighted by Gasteiger charge is 2.24. The second-order valence-corrected chi connectivity index (χ2v) is 6.99. The Morgan fingerprint density at radius 1 is 1.35 bits per heavy atom. The van der Waals surface area contributed by atoms with Crippen molar-refractivity contribution in [1.82, 2.24) is 14.7 Å². The maximum Gasteiger partial charge on any atom is 0.325 e. The van der Waals surface area contributed by atoms with E-state index in [1.807, 2.05) is 18.8 Å². The number of hydrogen-bond donors (Lipinski definition) is 4. The van der Waals surface area contributed by atoms with Crippen LogP contribution in [0.5, 0.6) is 0 Å². The van der Waals surface area contributed by atoms with Crippen molar-refractivity contribution >= 4 is 10.0 Å². The molecule has 0 fully saturated rings. The lowest BCUT2D eigenvalue weighted by Crippen LogP contribution is -2.37. The fraction of sp³-hybridized carbons (Fsp3) is 0.636. The predicted octanol–water partition coefficient (Wildman–Crippen LogP) is -0.860. The van der Waals surface area contributed by atoms with Gasteiger partial charge in [-0.05, 0) is 18.3 Å². The van der Waals surface area contributed by atoms with Crippen molar-refractivity contribution in [3.63, 3.8) is 0 Å². The van der Waals surface area contributed by atoms with Gasteiger partial charge in [-0.1, -0.05) is 13.8 Å². The van der Waals surface area contributed by atoms with Gasteiger partial charge in [0.1, 0.15) is 0 Å². The molecule has 1 rings (SSSR count). The molecular formula is C11H19N3O5S. The van der Waals surface area contributed by atoms with E-state index in [9.17, 15) is 18.0 Å². The van der Waals surface area contributed by atoms with Crippen LogP contribution in [0.15, 0.2) is 20.7 Å². The fourth-order valence-corrected chi connectivity index (χ4v) is 2.86. The van der Waals surface area contributed by atoms with Crippen molar-refractivity contribution in [2.75, 3.05) is 13.2 Å². The van der Waals surface area contributed by atoms with E-state index in [2.05, 4.69) is 9.71 Å². The molecule has 4 N–H and O–H groups in total. The van der Waals surface area contributed by atoms with Gasteiger partial charge in [-0.2, -0.15) is 0 Å². The largest absolute Gasteiger partial charge is 0.396 e. The number of nitrogens with one attached hydrogen (secondary N) is 3. The molecule has 114 valence electrons. The number of H-pyrrole nitrogens is 2. The van der Waals surface area contributed by atoms with E-state index in [0.29, 0.717) is 12.8 Å². The Hall–Kier alpha value is -1.45. The smallest absolute Gasteiger partial charge is 0.325 e. The molecule has 20 heavy (non-hydrogen) atoms. The molecule has 0 spiro atoms. The van der Waals surface area contributed by atoms with Crippen LogP contribution in [0.1, 0.15) is 26.7 Å². The quantitative estimate of drug-likeness (QED) is 0.520. The molecule has 0 aliphatic heterocycles. The molecule has 0 amide bonds. The molecular weight excluding hydrogens is 286 g/mol. The van der Waals surface area contributed by atoms with E-state index < -0.39 is 26.2 Å². The first kappa shape index (κ1) is 16.6. The minimum absolute atomic E-state index is 0.0375. The summed E-state index contributed by atoms with van der Waals surface area (Å²) in [4.78, 5) is 25.8. The van der Waals surface area contributed by atoms with Crippen molar-refractivity contribution in [2.24, 2.45) is 5.41 Å². The first-order chi connectivity index (χ1) is 9.18. The van der Waals surface area contributed by atoms with Gasteiger partial charge in [0.25, 0.3) is 5.56 Å². The fourth-order valence-electron chi connectivity index (χ4n) is 1.61. The maximum absolute atomic E-state index is 12.0. The lowest BCUT2D eigenvalue weighted by molar-refractivity contribution is 0.242. The zero-order chi connectivity index (χ0) is 15.4. The molecule has 0 aliphatic carbocycles. The summed E-state index contributed by atoms with van der Waals surface area (Å²) in [5, 5.41) is 8.78. The average Bonchev–Trinajstić information content (AvgIpc) is 2.34. The van der Waals surface area contributed by atoms with Crippen molar-refractivity contribution in [2.45, 2.75) is 31.6 Å². The number of aromatic nitrogens is 2. The van der Waals surface area contributed by atoms with Gasteiger partial charge in [0.15, 0.2) is 4.90 Å². The molecule has 0 unspecified atom stereocenters. The number of aromatic amines is 2. The summed E-state index contributed by atoms with van der Waals surface area (Å²) < 4.78 is 26.3. The SMILES string of the molecule is CC(C)(CCCO)CNS(=O)(=O)c1c[nH]c(=O)[nH]c1=O. The number of hydrogen-bond acceptors (Lipinski definition) is 5. The summed E-state index contributed by atoms with van der Waals surface area (Å²) >= 11 is 0. The van der Waals surface area contributed by atoms with Gasteiger partial charge in [-0.25, -0.2) is 17.9 Å². The molecule has 0 aromatic carbocycles. The highest BCUT2D eigenvalue weighted by Crippen LogP contribution is 2.21. The monoisotopic (exact) mass is 305 g/mol. The van der Waals surface area contributed by atoms with Crippen LogP contribution in [0.25, 0.3) is 0 Å². The van der Waals surface area contributed by atoms with Crippen LogP contribution >= 0.6 is 0 Å². The van der Waals surface area contributed by atoms with Crippen molar-refractivity contribution < 1.29 is 13.5 Å². The second kappa shape index (κ2) is 6.33. The Kier molecular flexibility index (Phi) is 5.26. The van der Waals surface area contributed by atoms with Crippen LogP contribution in [0, 0.1) is 5.41 Å². The number of aliphatic hydroxyl groups is 1. The minimum Gasteiger partial charge on any atom is -0.396 e. The van der Waals surface area contributed by atoms with Crippen LogP contribution < -0.4 is 16.0 Å². The Morgan fingerprint density at radius 3 is 2.55 bits per heavy atom. The molecule has 9 heteroatoms. The van der Waals surface area contributed by atoms with Crippen molar-refractivity contribution in [3.05, 3.63) is 27.0 Å². The van der Waals surface area contributed by atoms with Crippen LogP contribution in [0.2, 0.25) is 0 Å². The molecule has 0 aliphatic rings. The Bertz CT molecular complexity index is 659. The first-order valence-electron chi connectivity index (χ1n) is 6.10. The summed E-state index contributed by atoms with van der Waals surface area (Å²) in [6.45, 7) is 3.86. The van der Waals surface area contributed by atoms with E-state index in [1.54, 1.807) is 0 Å². The number of sulfonamides is 1. The summed E-state index contributed by atoms with van der Waals surface area (Å²) in [6, 6.07) is 0. The van der Waals surface area contributed by atoms with Gasteiger partial charge < -0.3 is 10.1 Å². The van der Waals surface area contributed by atoms with E-state index in [0.717, 1.165) is 6.20 Å². The lowest BCUT2D eigenvalue weighted by atomic mass is 9.88. The first-order valence-corrected chi connectivity index (χ1v) is 7.59. The summed E-state index contributed by atoms with van der Waals surface area (Å²) in [6.07, 6.45) is 2.06. The number of aliphatic hydroxyl groups excluding tert-OH is 1. The number of rotatable bonds is 7. The Labute approximate surface area is 116 Å². The van der Waals surface area contributed by atoms with E-state index in [-0.39, 0.29) is 18.6 Å². The predicted molar refractivity (Wildman–Crippen MR) is 73.0 cm³/mol. The highest BCUT2D eigenvalue weighted by atomic mass is 32.2. The Balaban J connectivity index is 2.85. The van der Waals surface area contributed by atoms with Gasteiger partial charge in [0.2, 0.25) is 10.0 Å². The summed E-state index contributed by atoms with van der Waals surface area (Å²) in [5.41, 5.74) is -2.09. The molecule has 0 radical (unpaired) electrons. The topological polar surface area (TPSA) is 132 Å². The van der Waals surface area contributed by atoms with Crippen molar-refractivity contribution in [3.8, 4) is 0 Å². The van der Waals surface area contributed by atoms with Crippen LogP contribution in [-0.4, -0.2) is 36.6 Å². The van der Waals surface area contributed by atoms with Crippen LogP contribution in [-0.2, 0) is 10.0 Å². The van der Waals surface area contributed by atoms with Crippen LogP contribution in [0.4, 0.5) is 0 Å². The van der Waals surface area contributed by atoms with E-state index in [1.165, 1.54) is 0 Å². The molecule has 1 heterocycles. The normalized spacial score (nSPS) is 12.6. The zero-order valence-electron chi connectivity index (χ0n) is 11.4. The molecule has 0 saturated heterocycles. The van der Waals surface area contributed by atoms with Gasteiger partial charge in [0, 0.05) is 19.3 Å². The highest BCUT2D eigenvalue weighted by molar-refractivity contribution is 7.89. The third-order valence-corrected chi connectivity index (χ3v) is 4.23. The summed E-state index contributed by atoms with van der Waals surface area (Å²) in [7, 11) is -3.99. The maximum atomic E-state index is 12.0. The van der Waals surface area contributed by atoms with E-state index >= 15 is 0 Å². The van der Waals surface area contributed by atoms with Crippen molar-refractivity contribution in [1.29, 1.82) is 0 Å². The van der Waals surface area contributed by atoms with Gasteiger partial charge in [0.05, 0.1) is 0 Å². The lowest BCUT2D eigenvalue weighted by Gasteiger charge is -2.24. The summed E-state index contributed by atoms with van der Waals surface area (Å²) in [5.74, 6) is 0. The zero-order valence-corrected chi connectivity index (χ0v) is 12.2. The average molecular weight is 305 g/mol. The minimum atomic E-state index is -3.99. The molecule has 1 aromatic heterocycles. The second-order valence-electron chi connectivity index (χ2n) is 5.25. The van der Waals surface area contributed by atoms with E-state index in [4.69, 9.17) is 5.11 Å². The third kappa shape index (κ3) is 4.58. The molecule has 0 bridgehead atoms. The van der Waals surface area contributed by atoms with Gasteiger partial charge in [-0.3, -0.25) is 9.78 Å². The Morgan fingerprint density at radius 2 is 2.00 bits per heavy atom.